The summed E-state index contributed by atoms with van der Waals surface area (Å²) in [6.07, 6.45) is 5.89. The lowest BCUT2D eigenvalue weighted by Gasteiger charge is -2.46. The monoisotopic (exact) mass is 593 g/mol. The van der Waals surface area contributed by atoms with Gasteiger partial charge >= 0.3 is 12.6 Å². The number of nitrogens with two attached hydrogens (primary N) is 1. The van der Waals surface area contributed by atoms with Gasteiger partial charge < -0.3 is 36.1 Å². The van der Waals surface area contributed by atoms with Crippen molar-refractivity contribution in [2.45, 2.75) is 90.0 Å². The Balaban J connectivity index is 1.40. The third-order valence-electron chi connectivity index (χ3n) is 7.63. The summed E-state index contributed by atoms with van der Waals surface area (Å²) in [7, 11) is 0. The van der Waals surface area contributed by atoms with Crippen molar-refractivity contribution in [2.75, 3.05) is 30.3 Å². The van der Waals surface area contributed by atoms with E-state index in [2.05, 4.69) is 53.6 Å². The number of hydrogen-bond acceptors (Lipinski definition) is 8. The molecule has 1 aromatic heterocycles. The average Bonchev–Trinajstić information content (AvgIpc) is 3.11. The zero-order valence-corrected chi connectivity index (χ0v) is 24.7. The highest BCUT2D eigenvalue weighted by Gasteiger charge is 2.38. The zero-order valence-electron chi connectivity index (χ0n) is 24.7. The molecule has 42 heavy (non-hydrogen) atoms. The van der Waals surface area contributed by atoms with Crippen molar-refractivity contribution in [3.8, 4) is 11.5 Å². The fraction of sp³-hybridized carbons (Fsp3) is 0.621. The number of benzene rings is 1. The fourth-order valence-electron chi connectivity index (χ4n) is 6.18. The van der Waals surface area contributed by atoms with Gasteiger partial charge in [-0.3, -0.25) is 0 Å². The van der Waals surface area contributed by atoms with Gasteiger partial charge in [-0.2, -0.15) is 13.8 Å². The first-order valence-electron chi connectivity index (χ1n) is 14.4. The van der Waals surface area contributed by atoms with Gasteiger partial charge in [0.15, 0.2) is 23.1 Å². The van der Waals surface area contributed by atoms with Crippen LogP contribution in [0.1, 0.15) is 66.2 Å². The molecule has 2 fully saturated rings. The van der Waals surface area contributed by atoms with Gasteiger partial charge in [-0.1, -0.05) is 0 Å². The molecule has 10 nitrogen and oxygen atoms in total. The normalized spacial score (nSPS) is 20.6. The van der Waals surface area contributed by atoms with Gasteiger partial charge in [0.05, 0.1) is 12.8 Å². The van der Waals surface area contributed by atoms with Crippen molar-refractivity contribution in [3.05, 3.63) is 30.2 Å². The number of rotatable bonds is 10. The number of hydrogen-bond donors (Lipinski definition) is 4. The van der Waals surface area contributed by atoms with Crippen molar-refractivity contribution >= 4 is 23.5 Å². The number of nitrogens with zero attached hydrogens (tertiary/aromatic N) is 3. The molecule has 2 saturated heterocycles. The standard InChI is InChI=1S/C29H42F3N7O3/c1-28(2)15-20(16-29(3,4)38-28)35-24-21(30)17-34-27(37-24)36-19-7-8-22(23(14-19)42-25(31)32)41-13-10-18-6-5-11-39(12-9-18)26(33)40/h7-8,14,17-18,20,25,38H,5-6,9-13,15-16H2,1-4H3,(H2,33,40)(H2,34,35,36,37). The summed E-state index contributed by atoms with van der Waals surface area (Å²) in [6.45, 7) is 6.90. The van der Waals surface area contributed by atoms with Gasteiger partial charge in [-0.25, -0.2) is 14.2 Å². The summed E-state index contributed by atoms with van der Waals surface area (Å²) in [4.78, 5) is 21.4. The van der Waals surface area contributed by atoms with Crippen LogP contribution in [0.2, 0.25) is 0 Å². The molecule has 2 aliphatic rings. The summed E-state index contributed by atoms with van der Waals surface area (Å²) >= 11 is 0. The summed E-state index contributed by atoms with van der Waals surface area (Å²) in [5.74, 6) is -0.0672. The molecule has 1 aromatic carbocycles. The van der Waals surface area contributed by atoms with E-state index >= 15 is 0 Å². The van der Waals surface area contributed by atoms with Crippen molar-refractivity contribution in [1.29, 1.82) is 0 Å². The highest BCUT2D eigenvalue weighted by atomic mass is 19.3. The molecular formula is C29H42F3N7O3. The van der Waals surface area contributed by atoms with Gasteiger partial charge in [0.2, 0.25) is 5.95 Å². The summed E-state index contributed by atoms with van der Waals surface area (Å²) in [6, 6.07) is 4.10. The second-order valence-electron chi connectivity index (χ2n) is 12.5. The van der Waals surface area contributed by atoms with Crippen LogP contribution in [0.5, 0.6) is 11.5 Å². The Morgan fingerprint density at radius 3 is 2.60 bits per heavy atom. The van der Waals surface area contributed by atoms with E-state index in [9.17, 15) is 18.0 Å². The molecule has 0 radical (unpaired) electrons. The molecule has 0 saturated carbocycles. The minimum absolute atomic E-state index is 0.0175. The molecule has 2 aromatic rings. The number of primary amides is 1. The molecule has 4 rings (SSSR count). The number of likely N-dealkylation sites (tertiary alicyclic amines) is 1. The van der Waals surface area contributed by atoms with Crippen LogP contribution in [0, 0.1) is 11.7 Å². The lowest BCUT2D eigenvalue weighted by Crippen LogP contribution is -2.60. The minimum Gasteiger partial charge on any atom is -0.490 e. The molecule has 0 aliphatic carbocycles. The molecule has 0 bridgehead atoms. The molecule has 2 aliphatic heterocycles. The Labute approximate surface area is 244 Å². The van der Waals surface area contributed by atoms with E-state index in [1.54, 1.807) is 11.0 Å². The SMILES string of the molecule is CC1(C)CC(Nc2nc(Nc3ccc(OCCC4CCCN(C(N)=O)CC4)c(OC(F)F)c3)ncc2F)CC(C)(C)N1. The van der Waals surface area contributed by atoms with Crippen LogP contribution in [-0.4, -0.2) is 64.3 Å². The van der Waals surface area contributed by atoms with Crippen LogP contribution in [-0.2, 0) is 0 Å². The maximum Gasteiger partial charge on any atom is 0.387 e. The molecular weight excluding hydrogens is 551 g/mol. The molecule has 232 valence electrons. The number of piperidine rings is 1. The largest absolute Gasteiger partial charge is 0.490 e. The van der Waals surface area contributed by atoms with Gasteiger partial charge in [0, 0.05) is 42.0 Å². The Bertz CT molecular complexity index is 1210. The first-order chi connectivity index (χ1) is 19.8. The van der Waals surface area contributed by atoms with E-state index in [-0.39, 0.29) is 40.4 Å². The number of carbonyl (C=O) groups is 1. The minimum atomic E-state index is -3.06. The van der Waals surface area contributed by atoms with E-state index in [0.29, 0.717) is 37.7 Å². The van der Waals surface area contributed by atoms with Crippen LogP contribution in [0.15, 0.2) is 24.4 Å². The number of anilines is 3. The van der Waals surface area contributed by atoms with Crippen molar-refractivity contribution in [2.24, 2.45) is 11.7 Å². The Morgan fingerprint density at radius 2 is 1.90 bits per heavy atom. The van der Waals surface area contributed by atoms with Crippen LogP contribution < -0.4 is 31.2 Å². The number of amides is 2. The van der Waals surface area contributed by atoms with E-state index in [4.69, 9.17) is 15.2 Å². The lowest BCUT2D eigenvalue weighted by molar-refractivity contribution is -0.0515. The molecule has 13 heteroatoms. The molecule has 2 amide bonds. The van der Waals surface area contributed by atoms with Crippen LogP contribution in [0.4, 0.5) is 35.4 Å². The van der Waals surface area contributed by atoms with Crippen molar-refractivity contribution in [1.82, 2.24) is 20.2 Å². The highest BCUT2D eigenvalue weighted by molar-refractivity contribution is 5.71. The topological polar surface area (TPSA) is 127 Å². The van der Waals surface area contributed by atoms with Crippen molar-refractivity contribution in [3.63, 3.8) is 0 Å². The highest BCUT2D eigenvalue weighted by Crippen LogP contribution is 2.34. The number of ether oxygens (including phenoxy) is 2. The smallest absolute Gasteiger partial charge is 0.387 e. The van der Waals surface area contributed by atoms with E-state index in [0.717, 1.165) is 38.3 Å². The molecule has 5 N–H and O–H groups in total. The second-order valence-corrected chi connectivity index (χ2v) is 12.5. The third-order valence-corrected chi connectivity index (χ3v) is 7.63. The molecule has 0 spiro atoms. The quantitative estimate of drug-likeness (QED) is 0.279. The number of halogens is 3. The average molecular weight is 594 g/mol. The van der Waals surface area contributed by atoms with Gasteiger partial charge in [0.1, 0.15) is 0 Å². The Hall–Kier alpha value is -3.48. The number of aromatic nitrogens is 2. The first kappa shape index (κ1) is 31.5. The number of nitrogens with one attached hydrogen (secondary N) is 3. The van der Waals surface area contributed by atoms with Gasteiger partial charge in [-0.15, -0.1) is 0 Å². The zero-order chi connectivity index (χ0) is 30.5. The Morgan fingerprint density at radius 1 is 1.17 bits per heavy atom. The molecule has 3 heterocycles. The lowest BCUT2D eigenvalue weighted by atomic mass is 9.79. The molecule has 1 atom stereocenters. The van der Waals surface area contributed by atoms with E-state index < -0.39 is 18.5 Å². The maximum atomic E-state index is 14.7. The fourth-order valence-corrected chi connectivity index (χ4v) is 6.18. The summed E-state index contributed by atoms with van der Waals surface area (Å²) in [5.41, 5.74) is 5.48. The van der Waals surface area contributed by atoms with Crippen molar-refractivity contribution < 1.29 is 27.4 Å². The maximum absolute atomic E-state index is 14.7. The Kier molecular flexibility index (Phi) is 9.90. The van der Waals surface area contributed by atoms with Crippen LogP contribution in [0.3, 0.4) is 0 Å². The van der Waals surface area contributed by atoms with E-state index in [1.807, 2.05) is 0 Å². The number of urea groups is 1. The third kappa shape index (κ3) is 9.01. The second kappa shape index (κ2) is 13.2. The number of alkyl halides is 2. The predicted octanol–water partition coefficient (Wildman–Crippen LogP) is 5.63. The first-order valence-corrected chi connectivity index (χ1v) is 14.4. The van der Waals surface area contributed by atoms with Gasteiger partial charge in [0.25, 0.3) is 0 Å². The van der Waals surface area contributed by atoms with E-state index in [1.165, 1.54) is 12.1 Å². The number of carbonyl (C=O) groups excluding carboxylic acids is 1. The van der Waals surface area contributed by atoms with Crippen LogP contribution >= 0.6 is 0 Å². The summed E-state index contributed by atoms with van der Waals surface area (Å²) in [5, 5.41) is 9.76. The predicted molar refractivity (Wildman–Crippen MR) is 155 cm³/mol. The molecule has 1 unspecified atom stereocenters. The summed E-state index contributed by atoms with van der Waals surface area (Å²) < 4.78 is 51.7. The van der Waals surface area contributed by atoms with Crippen LogP contribution in [0.25, 0.3) is 0 Å². The van der Waals surface area contributed by atoms with Gasteiger partial charge in [-0.05, 0) is 84.3 Å².